The van der Waals surface area contributed by atoms with Crippen molar-refractivity contribution >= 4 is 11.7 Å². The molecular weight excluding hydrogens is 324 g/mol. The van der Waals surface area contributed by atoms with E-state index in [4.69, 9.17) is 0 Å². The average Bonchev–Trinajstić information content (AvgIpc) is 2.69. The molecule has 4 nitrogen and oxygen atoms in total. The molecule has 4 heteroatoms. The van der Waals surface area contributed by atoms with Gasteiger partial charge in [0.25, 0.3) is 0 Å². The molecule has 136 valence electrons. The lowest BCUT2D eigenvalue weighted by Gasteiger charge is -2.32. The van der Waals surface area contributed by atoms with Crippen LogP contribution in [0.4, 0.5) is 0 Å². The van der Waals surface area contributed by atoms with Gasteiger partial charge in [-0.1, -0.05) is 60.7 Å². The second-order valence-electron chi connectivity index (χ2n) is 7.04. The predicted octanol–water partition coefficient (Wildman–Crippen LogP) is 3.24. The molecule has 2 aromatic carbocycles. The van der Waals surface area contributed by atoms with Crippen LogP contribution in [0.15, 0.2) is 60.7 Å². The molecule has 0 bridgehead atoms. The number of hydrogen-bond acceptors (Lipinski definition) is 3. The van der Waals surface area contributed by atoms with Gasteiger partial charge in [0, 0.05) is 31.1 Å². The fourth-order valence-electron chi connectivity index (χ4n) is 3.51. The first-order valence-electron chi connectivity index (χ1n) is 9.23. The highest BCUT2D eigenvalue weighted by Gasteiger charge is 2.28. The Kier molecular flexibility index (Phi) is 6.18. The zero-order valence-electron chi connectivity index (χ0n) is 15.3. The topological polar surface area (TPSA) is 40.6 Å². The van der Waals surface area contributed by atoms with Crippen LogP contribution in [0.2, 0.25) is 0 Å². The summed E-state index contributed by atoms with van der Waals surface area (Å²) in [5, 5.41) is 0. The lowest BCUT2D eigenvalue weighted by atomic mass is 9.89. The van der Waals surface area contributed by atoms with Crippen molar-refractivity contribution in [3.63, 3.8) is 0 Å². The van der Waals surface area contributed by atoms with E-state index >= 15 is 0 Å². The molecule has 3 rings (SSSR count). The predicted molar refractivity (Wildman–Crippen MR) is 103 cm³/mol. The molecule has 1 saturated heterocycles. The molecule has 1 aliphatic heterocycles. The number of ketones is 1. The van der Waals surface area contributed by atoms with E-state index < -0.39 is 0 Å². The van der Waals surface area contributed by atoms with Crippen LogP contribution in [0.25, 0.3) is 0 Å². The van der Waals surface area contributed by atoms with Crippen LogP contribution in [-0.4, -0.2) is 48.2 Å². The summed E-state index contributed by atoms with van der Waals surface area (Å²) >= 11 is 0. The Morgan fingerprint density at radius 2 is 1.54 bits per heavy atom. The van der Waals surface area contributed by atoms with Crippen LogP contribution in [0.1, 0.15) is 28.8 Å². The number of Topliss-reactive ketones (excluding diaryl/α,β-unsaturated/α-hetero) is 1. The Morgan fingerprint density at radius 1 is 0.962 bits per heavy atom. The van der Waals surface area contributed by atoms with E-state index in [0.29, 0.717) is 19.6 Å². The van der Waals surface area contributed by atoms with Gasteiger partial charge in [-0.3, -0.25) is 14.5 Å². The van der Waals surface area contributed by atoms with Crippen molar-refractivity contribution in [1.82, 2.24) is 9.80 Å². The van der Waals surface area contributed by atoms with Gasteiger partial charge in [0.1, 0.15) is 0 Å². The minimum Gasteiger partial charge on any atom is -0.342 e. The van der Waals surface area contributed by atoms with Gasteiger partial charge in [-0.2, -0.15) is 0 Å². The highest BCUT2D eigenvalue weighted by atomic mass is 16.2. The summed E-state index contributed by atoms with van der Waals surface area (Å²) < 4.78 is 0. The quantitative estimate of drug-likeness (QED) is 0.751. The first-order chi connectivity index (χ1) is 12.6. The molecular formula is C22H26N2O2. The Labute approximate surface area is 155 Å². The molecule has 0 spiro atoms. The van der Waals surface area contributed by atoms with Crippen LogP contribution in [0.3, 0.4) is 0 Å². The van der Waals surface area contributed by atoms with E-state index in [1.165, 1.54) is 5.56 Å². The highest BCUT2D eigenvalue weighted by Crippen LogP contribution is 2.22. The third-order valence-corrected chi connectivity index (χ3v) is 4.98. The van der Waals surface area contributed by atoms with E-state index in [1.54, 1.807) is 0 Å². The van der Waals surface area contributed by atoms with Crippen molar-refractivity contribution in [2.45, 2.75) is 19.4 Å². The summed E-state index contributed by atoms with van der Waals surface area (Å²) in [6.07, 6.45) is 1.50. The van der Waals surface area contributed by atoms with E-state index in [-0.39, 0.29) is 17.6 Å². The number of carbonyl (C=O) groups is 2. The minimum absolute atomic E-state index is 0.0310. The first kappa shape index (κ1) is 18.3. The number of rotatable bonds is 6. The lowest BCUT2D eigenvalue weighted by Crippen LogP contribution is -2.44. The van der Waals surface area contributed by atoms with Gasteiger partial charge < -0.3 is 4.90 Å². The summed E-state index contributed by atoms with van der Waals surface area (Å²) in [7, 11) is 1.97. The highest BCUT2D eigenvalue weighted by molar-refractivity contribution is 5.98. The molecule has 0 atom stereocenters. The molecule has 0 unspecified atom stereocenters. The molecule has 1 amide bonds. The molecule has 0 N–H and O–H groups in total. The van der Waals surface area contributed by atoms with Gasteiger partial charge in [0.15, 0.2) is 5.78 Å². The number of benzene rings is 2. The van der Waals surface area contributed by atoms with Gasteiger partial charge in [-0.15, -0.1) is 0 Å². The average molecular weight is 350 g/mol. The van der Waals surface area contributed by atoms with E-state index in [1.807, 2.05) is 65.4 Å². The van der Waals surface area contributed by atoms with Crippen molar-refractivity contribution in [3.05, 3.63) is 71.8 Å². The second-order valence-corrected chi connectivity index (χ2v) is 7.04. The van der Waals surface area contributed by atoms with E-state index in [2.05, 4.69) is 12.1 Å². The number of likely N-dealkylation sites (tertiary alicyclic amines) is 1. The van der Waals surface area contributed by atoms with Crippen molar-refractivity contribution < 1.29 is 9.59 Å². The fourth-order valence-corrected chi connectivity index (χ4v) is 3.51. The van der Waals surface area contributed by atoms with Crippen LogP contribution >= 0.6 is 0 Å². The Bertz CT molecular complexity index is 722. The van der Waals surface area contributed by atoms with Crippen molar-refractivity contribution in [2.75, 3.05) is 26.7 Å². The standard InChI is InChI=1S/C22H26N2O2/c1-23(16-18-8-4-2-5-9-18)17-21(25)24-14-12-20(13-15-24)22(26)19-10-6-3-7-11-19/h2-11,20H,12-17H2,1H3. The van der Waals surface area contributed by atoms with Crippen LogP contribution in [-0.2, 0) is 11.3 Å². The van der Waals surface area contributed by atoms with Gasteiger partial charge in [-0.25, -0.2) is 0 Å². The number of amides is 1. The van der Waals surface area contributed by atoms with Gasteiger partial charge in [0.2, 0.25) is 5.91 Å². The summed E-state index contributed by atoms with van der Waals surface area (Å²) in [5.74, 6) is 0.386. The van der Waals surface area contributed by atoms with Crippen molar-refractivity contribution in [1.29, 1.82) is 0 Å². The number of carbonyl (C=O) groups excluding carboxylic acids is 2. The Morgan fingerprint density at radius 3 is 2.15 bits per heavy atom. The maximum atomic E-state index is 12.5. The zero-order chi connectivity index (χ0) is 18.4. The van der Waals surface area contributed by atoms with Gasteiger partial charge in [-0.05, 0) is 25.5 Å². The SMILES string of the molecule is CN(CC(=O)N1CCC(C(=O)c2ccccc2)CC1)Cc1ccccc1. The van der Waals surface area contributed by atoms with Crippen molar-refractivity contribution in [3.8, 4) is 0 Å². The van der Waals surface area contributed by atoms with Crippen LogP contribution in [0.5, 0.6) is 0 Å². The number of piperidine rings is 1. The third kappa shape index (κ3) is 4.79. The largest absolute Gasteiger partial charge is 0.342 e. The summed E-state index contributed by atoms with van der Waals surface area (Å²) in [4.78, 5) is 29.0. The van der Waals surface area contributed by atoms with E-state index in [0.717, 1.165) is 24.9 Å². The van der Waals surface area contributed by atoms with Crippen molar-refractivity contribution in [2.24, 2.45) is 5.92 Å². The number of nitrogens with zero attached hydrogens (tertiary/aromatic N) is 2. The number of likely N-dealkylation sites (N-methyl/N-ethyl adjacent to an activating group) is 1. The van der Waals surface area contributed by atoms with Gasteiger partial charge >= 0.3 is 0 Å². The normalized spacial score (nSPS) is 15.2. The first-order valence-corrected chi connectivity index (χ1v) is 9.23. The smallest absolute Gasteiger partial charge is 0.236 e. The molecule has 0 radical (unpaired) electrons. The molecule has 1 aliphatic rings. The molecule has 0 aromatic heterocycles. The van der Waals surface area contributed by atoms with Crippen LogP contribution in [0, 0.1) is 5.92 Å². The summed E-state index contributed by atoms with van der Waals surface area (Å²) in [6, 6.07) is 19.6. The third-order valence-electron chi connectivity index (χ3n) is 4.98. The second kappa shape index (κ2) is 8.77. The Balaban J connectivity index is 1.47. The molecule has 2 aromatic rings. The van der Waals surface area contributed by atoms with Crippen LogP contribution < -0.4 is 0 Å². The minimum atomic E-state index is 0.0310. The molecule has 26 heavy (non-hydrogen) atoms. The zero-order valence-corrected chi connectivity index (χ0v) is 15.3. The fraction of sp³-hybridized carbons (Fsp3) is 0.364. The maximum Gasteiger partial charge on any atom is 0.236 e. The maximum absolute atomic E-state index is 12.5. The Hall–Kier alpha value is -2.46. The molecule has 1 fully saturated rings. The summed E-state index contributed by atoms with van der Waals surface area (Å²) in [6.45, 7) is 2.50. The van der Waals surface area contributed by atoms with Gasteiger partial charge in [0.05, 0.1) is 6.54 Å². The monoisotopic (exact) mass is 350 g/mol. The molecule has 0 saturated carbocycles. The molecule has 0 aliphatic carbocycles. The lowest BCUT2D eigenvalue weighted by molar-refractivity contribution is -0.133. The number of hydrogen-bond donors (Lipinski definition) is 0. The molecule has 1 heterocycles. The summed E-state index contributed by atoms with van der Waals surface area (Å²) in [5.41, 5.74) is 1.98. The van der Waals surface area contributed by atoms with E-state index in [9.17, 15) is 9.59 Å².